The fourth-order valence-electron chi connectivity index (χ4n) is 1.17. The van der Waals surface area contributed by atoms with Gasteiger partial charge in [-0.2, -0.15) is 14.0 Å². The van der Waals surface area contributed by atoms with Crippen molar-refractivity contribution in [2.75, 3.05) is 7.11 Å². The lowest BCUT2D eigenvalue weighted by atomic mass is 10.1. The van der Waals surface area contributed by atoms with Crippen LogP contribution >= 0.6 is 0 Å². The minimum atomic E-state index is -3.20. The number of rotatable bonds is 3. The predicted molar refractivity (Wildman–Crippen MR) is 49.1 cm³/mol. The number of esters is 1. The number of nitrogens with zero attached hydrogens (tertiary/aromatic N) is 1. The second-order valence-electron chi connectivity index (χ2n) is 2.78. The SMILES string of the molecule is COC(=O)c1c(OC(F)F)ccc(F)c1C#N. The Morgan fingerprint density at radius 1 is 1.47 bits per heavy atom. The molecule has 0 heterocycles. The Balaban J connectivity index is 3.41. The van der Waals surface area contributed by atoms with Gasteiger partial charge in [0.05, 0.1) is 7.11 Å². The first-order valence-electron chi connectivity index (χ1n) is 4.27. The molecule has 1 aromatic carbocycles. The third-order valence-corrected chi connectivity index (χ3v) is 1.83. The quantitative estimate of drug-likeness (QED) is 0.765. The Bertz CT molecular complexity index is 482. The molecular formula is C10H6F3NO3. The standard InChI is InChI=1S/C10H6F3NO3/c1-16-9(15)8-5(4-14)6(11)2-3-7(8)17-10(12)13/h2-3,10H,1H3. The molecule has 0 radical (unpaired) electrons. The summed E-state index contributed by atoms with van der Waals surface area (Å²) < 4.78 is 45.6. The van der Waals surface area contributed by atoms with E-state index in [9.17, 15) is 18.0 Å². The number of nitriles is 1. The van der Waals surface area contributed by atoms with Crippen molar-refractivity contribution in [3.63, 3.8) is 0 Å². The second kappa shape index (κ2) is 5.21. The number of ether oxygens (including phenoxy) is 2. The highest BCUT2D eigenvalue weighted by atomic mass is 19.3. The number of hydrogen-bond acceptors (Lipinski definition) is 4. The van der Waals surface area contributed by atoms with E-state index in [1.807, 2.05) is 0 Å². The van der Waals surface area contributed by atoms with E-state index in [0.29, 0.717) is 0 Å². The summed E-state index contributed by atoms with van der Waals surface area (Å²) in [7, 11) is 0.973. The van der Waals surface area contributed by atoms with Crippen LogP contribution in [0.25, 0.3) is 0 Å². The van der Waals surface area contributed by atoms with Crippen molar-refractivity contribution in [2.24, 2.45) is 0 Å². The third kappa shape index (κ3) is 2.66. The minimum absolute atomic E-state index is 0.607. The summed E-state index contributed by atoms with van der Waals surface area (Å²) in [6, 6.07) is 2.97. The lowest BCUT2D eigenvalue weighted by Gasteiger charge is -2.10. The zero-order chi connectivity index (χ0) is 13.0. The van der Waals surface area contributed by atoms with E-state index in [0.717, 1.165) is 19.2 Å². The Morgan fingerprint density at radius 3 is 2.59 bits per heavy atom. The molecule has 0 aliphatic heterocycles. The van der Waals surface area contributed by atoms with Crippen molar-refractivity contribution >= 4 is 5.97 Å². The molecule has 4 nitrogen and oxygen atoms in total. The topological polar surface area (TPSA) is 59.3 Å². The van der Waals surface area contributed by atoms with E-state index in [2.05, 4.69) is 9.47 Å². The number of carbonyl (C=O) groups is 1. The molecule has 0 spiro atoms. The lowest BCUT2D eigenvalue weighted by Crippen LogP contribution is -2.12. The Kier molecular flexibility index (Phi) is 3.93. The Hall–Kier alpha value is -2.23. The van der Waals surface area contributed by atoms with E-state index in [-0.39, 0.29) is 0 Å². The maximum Gasteiger partial charge on any atom is 0.387 e. The van der Waals surface area contributed by atoms with Crippen LogP contribution < -0.4 is 4.74 Å². The fourth-order valence-corrected chi connectivity index (χ4v) is 1.17. The summed E-state index contributed by atoms with van der Waals surface area (Å²) in [6.07, 6.45) is 0. The molecule has 17 heavy (non-hydrogen) atoms. The fraction of sp³-hybridized carbons (Fsp3) is 0.200. The molecule has 0 aromatic heterocycles. The number of carbonyl (C=O) groups excluding carboxylic acids is 1. The molecule has 0 saturated carbocycles. The second-order valence-corrected chi connectivity index (χ2v) is 2.78. The minimum Gasteiger partial charge on any atom is -0.465 e. The smallest absolute Gasteiger partial charge is 0.387 e. The molecule has 0 bridgehead atoms. The maximum atomic E-state index is 13.2. The van der Waals surface area contributed by atoms with Gasteiger partial charge in [-0.3, -0.25) is 0 Å². The first-order chi connectivity index (χ1) is 8.01. The van der Waals surface area contributed by atoms with Crippen LogP contribution in [0.4, 0.5) is 13.2 Å². The summed E-state index contributed by atoms with van der Waals surface area (Å²) in [6.45, 7) is -3.20. The molecule has 0 saturated heterocycles. The number of benzene rings is 1. The van der Waals surface area contributed by atoms with Crippen molar-refractivity contribution < 1.29 is 27.4 Å². The van der Waals surface area contributed by atoms with Crippen molar-refractivity contribution in [1.82, 2.24) is 0 Å². The van der Waals surface area contributed by atoms with Gasteiger partial charge in [-0.15, -0.1) is 0 Å². The van der Waals surface area contributed by atoms with Crippen molar-refractivity contribution in [3.8, 4) is 11.8 Å². The van der Waals surface area contributed by atoms with Gasteiger partial charge in [0.2, 0.25) is 0 Å². The van der Waals surface area contributed by atoms with Gasteiger partial charge in [-0.25, -0.2) is 9.18 Å². The highest BCUT2D eigenvalue weighted by molar-refractivity contribution is 5.95. The van der Waals surface area contributed by atoms with Gasteiger partial charge in [-0.05, 0) is 12.1 Å². The van der Waals surface area contributed by atoms with Crippen LogP contribution in [-0.2, 0) is 4.74 Å². The van der Waals surface area contributed by atoms with Crippen molar-refractivity contribution in [3.05, 3.63) is 29.1 Å². The third-order valence-electron chi connectivity index (χ3n) is 1.83. The molecule has 1 rings (SSSR count). The largest absolute Gasteiger partial charge is 0.465 e. The molecule has 0 unspecified atom stereocenters. The average Bonchev–Trinajstić information content (AvgIpc) is 2.29. The molecule has 0 aliphatic rings. The van der Waals surface area contributed by atoms with E-state index >= 15 is 0 Å². The van der Waals surface area contributed by atoms with Gasteiger partial charge in [0.15, 0.2) is 0 Å². The van der Waals surface area contributed by atoms with E-state index in [1.165, 1.54) is 6.07 Å². The molecule has 0 aliphatic carbocycles. The maximum absolute atomic E-state index is 13.2. The van der Waals surface area contributed by atoms with Gasteiger partial charge in [0, 0.05) is 0 Å². The number of alkyl halides is 2. The zero-order valence-electron chi connectivity index (χ0n) is 8.54. The normalized spacial score (nSPS) is 9.88. The van der Waals surface area contributed by atoms with Gasteiger partial charge in [-0.1, -0.05) is 0 Å². The van der Waals surface area contributed by atoms with Crippen molar-refractivity contribution in [2.45, 2.75) is 6.61 Å². The molecule has 1 aromatic rings. The van der Waals surface area contributed by atoms with Crippen LogP contribution in [0.2, 0.25) is 0 Å². The average molecular weight is 245 g/mol. The monoisotopic (exact) mass is 245 g/mol. The van der Waals surface area contributed by atoms with Crippen LogP contribution in [0, 0.1) is 17.1 Å². The van der Waals surface area contributed by atoms with Gasteiger partial charge in [0.1, 0.15) is 28.8 Å². The lowest BCUT2D eigenvalue weighted by molar-refractivity contribution is -0.0504. The summed E-state index contributed by atoms with van der Waals surface area (Å²) >= 11 is 0. The molecule has 0 N–H and O–H groups in total. The van der Waals surface area contributed by atoms with Crippen LogP contribution in [-0.4, -0.2) is 19.7 Å². The molecule has 7 heteroatoms. The Labute approximate surface area is 94.2 Å². The van der Waals surface area contributed by atoms with E-state index in [1.54, 1.807) is 0 Å². The summed E-state index contributed by atoms with van der Waals surface area (Å²) in [5.74, 6) is -2.75. The molecule has 0 amide bonds. The highest BCUT2D eigenvalue weighted by Gasteiger charge is 2.23. The zero-order valence-corrected chi connectivity index (χ0v) is 8.54. The van der Waals surface area contributed by atoms with Crippen LogP contribution in [0.15, 0.2) is 12.1 Å². The number of halogens is 3. The van der Waals surface area contributed by atoms with E-state index < -0.39 is 35.3 Å². The van der Waals surface area contributed by atoms with Gasteiger partial charge in [0.25, 0.3) is 0 Å². The number of hydrogen-bond donors (Lipinski definition) is 0. The Morgan fingerprint density at radius 2 is 2.12 bits per heavy atom. The molecular weight excluding hydrogens is 239 g/mol. The van der Waals surface area contributed by atoms with E-state index in [4.69, 9.17) is 5.26 Å². The number of methoxy groups -OCH3 is 1. The van der Waals surface area contributed by atoms with Crippen LogP contribution in [0.5, 0.6) is 5.75 Å². The van der Waals surface area contributed by atoms with Gasteiger partial charge >= 0.3 is 12.6 Å². The van der Waals surface area contributed by atoms with Crippen LogP contribution in [0.1, 0.15) is 15.9 Å². The van der Waals surface area contributed by atoms with Crippen LogP contribution in [0.3, 0.4) is 0 Å². The summed E-state index contributed by atoms with van der Waals surface area (Å²) in [4.78, 5) is 11.3. The summed E-state index contributed by atoms with van der Waals surface area (Å²) in [5.41, 5.74) is -1.36. The summed E-state index contributed by atoms with van der Waals surface area (Å²) in [5, 5.41) is 8.66. The van der Waals surface area contributed by atoms with Crippen molar-refractivity contribution in [1.29, 1.82) is 5.26 Å². The molecule has 90 valence electrons. The first-order valence-corrected chi connectivity index (χ1v) is 4.27. The first kappa shape index (κ1) is 12.8. The molecule has 0 fully saturated rings. The van der Waals surface area contributed by atoms with Gasteiger partial charge < -0.3 is 9.47 Å². The highest BCUT2D eigenvalue weighted by Crippen LogP contribution is 2.26. The predicted octanol–water partition coefficient (Wildman–Crippen LogP) is 2.09. The molecule has 0 atom stereocenters.